The Hall–Kier alpha value is -1.09. The Morgan fingerprint density at radius 2 is 1.65 bits per heavy atom. The summed E-state index contributed by atoms with van der Waals surface area (Å²) >= 11 is 0. The van der Waals surface area contributed by atoms with Crippen molar-refractivity contribution >= 4 is 22.6 Å². The third-order valence-corrected chi connectivity index (χ3v) is 4.75. The quantitative estimate of drug-likeness (QED) is 0.767. The van der Waals surface area contributed by atoms with Crippen molar-refractivity contribution in [2.24, 2.45) is 5.14 Å². The molecule has 110 valence electrons. The molecule has 8 heteroatoms. The van der Waals surface area contributed by atoms with Gasteiger partial charge >= 0.3 is 7.12 Å². The van der Waals surface area contributed by atoms with Gasteiger partial charge in [-0.15, -0.1) is 0 Å². The fourth-order valence-electron chi connectivity index (χ4n) is 1.87. The first kappa shape index (κ1) is 15.3. The van der Waals surface area contributed by atoms with E-state index in [1.807, 2.05) is 27.7 Å². The van der Waals surface area contributed by atoms with Crippen LogP contribution in [0.1, 0.15) is 27.7 Å². The summed E-state index contributed by atoms with van der Waals surface area (Å²) in [5.74, 6) is -0.227. The number of phenols is 1. The zero-order valence-electron chi connectivity index (χ0n) is 11.9. The lowest BCUT2D eigenvalue weighted by atomic mass is 9.78. The third-order valence-electron chi connectivity index (χ3n) is 3.84. The van der Waals surface area contributed by atoms with Crippen LogP contribution in [-0.2, 0) is 19.3 Å². The van der Waals surface area contributed by atoms with E-state index in [1.54, 1.807) is 0 Å². The highest BCUT2D eigenvalue weighted by Gasteiger charge is 2.52. The monoisotopic (exact) mass is 299 g/mol. The van der Waals surface area contributed by atoms with Gasteiger partial charge in [-0.3, -0.25) is 0 Å². The number of sulfonamides is 1. The number of nitrogens with two attached hydrogens (primary N) is 1. The van der Waals surface area contributed by atoms with Gasteiger partial charge < -0.3 is 14.4 Å². The van der Waals surface area contributed by atoms with Crippen LogP contribution in [0.25, 0.3) is 0 Å². The van der Waals surface area contributed by atoms with E-state index in [-0.39, 0.29) is 10.6 Å². The van der Waals surface area contributed by atoms with Crippen molar-refractivity contribution in [2.45, 2.75) is 43.8 Å². The lowest BCUT2D eigenvalue weighted by Crippen LogP contribution is -2.41. The first-order chi connectivity index (χ1) is 8.94. The largest absolute Gasteiger partial charge is 0.508 e. The molecule has 1 aliphatic heterocycles. The molecule has 6 nitrogen and oxygen atoms in total. The Kier molecular flexibility index (Phi) is 3.41. The highest BCUT2D eigenvalue weighted by atomic mass is 32.2. The summed E-state index contributed by atoms with van der Waals surface area (Å²) in [4.78, 5) is -0.157. The maximum absolute atomic E-state index is 11.2. The van der Waals surface area contributed by atoms with Crippen LogP contribution in [0.3, 0.4) is 0 Å². The molecular formula is C12H18BNO5S. The maximum Gasteiger partial charge on any atom is 0.498 e. The number of primary sulfonamides is 1. The summed E-state index contributed by atoms with van der Waals surface area (Å²) < 4.78 is 34.0. The molecule has 1 aromatic rings. The second-order valence-corrected chi connectivity index (χ2v) is 7.42. The fraction of sp³-hybridized carbons (Fsp3) is 0.500. The van der Waals surface area contributed by atoms with Crippen LogP contribution in [0, 0.1) is 0 Å². The van der Waals surface area contributed by atoms with Crippen molar-refractivity contribution < 1.29 is 22.8 Å². The minimum atomic E-state index is -3.85. The van der Waals surface area contributed by atoms with Gasteiger partial charge in [-0.25, -0.2) is 13.6 Å². The van der Waals surface area contributed by atoms with Gasteiger partial charge in [-0.1, -0.05) is 6.07 Å². The topological polar surface area (TPSA) is 98.9 Å². The summed E-state index contributed by atoms with van der Waals surface area (Å²) in [5, 5.41) is 15.0. The van der Waals surface area contributed by atoms with Crippen molar-refractivity contribution in [3.05, 3.63) is 18.2 Å². The smallest absolute Gasteiger partial charge is 0.498 e. The summed E-state index contributed by atoms with van der Waals surface area (Å²) in [6, 6.07) is 3.85. The van der Waals surface area contributed by atoms with Crippen molar-refractivity contribution in [1.82, 2.24) is 0 Å². The summed E-state index contributed by atoms with van der Waals surface area (Å²) in [6.07, 6.45) is 0. The normalized spacial score (nSPS) is 21.1. The van der Waals surface area contributed by atoms with E-state index in [4.69, 9.17) is 14.4 Å². The van der Waals surface area contributed by atoms with Crippen molar-refractivity contribution in [3.8, 4) is 5.75 Å². The predicted octanol–water partition coefficient (Wildman–Crippen LogP) is 0.339. The minimum absolute atomic E-state index is 0.157. The molecule has 1 saturated heterocycles. The molecule has 0 radical (unpaired) electrons. The minimum Gasteiger partial charge on any atom is -0.508 e. The van der Waals surface area contributed by atoms with Crippen molar-refractivity contribution in [1.29, 1.82) is 0 Å². The molecule has 0 atom stereocenters. The average Bonchev–Trinajstić information content (AvgIpc) is 2.46. The molecule has 0 amide bonds. The standard InChI is InChI=1S/C12H18BNO5S/c1-11(2)12(3,4)19-13(18-11)9-6-5-8(7-10(9)15)20(14,16)17/h5-7,15H,1-4H3,(H2,14,16,17). The van der Waals surface area contributed by atoms with Crippen LogP contribution in [0.4, 0.5) is 0 Å². The summed E-state index contributed by atoms with van der Waals surface area (Å²) in [7, 11) is -4.61. The maximum atomic E-state index is 11.2. The molecule has 20 heavy (non-hydrogen) atoms. The van der Waals surface area contributed by atoms with Crippen LogP contribution in [0.2, 0.25) is 0 Å². The zero-order valence-corrected chi connectivity index (χ0v) is 12.7. The second-order valence-electron chi connectivity index (χ2n) is 5.85. The first-order valence-electron chi connectivity index (χ1n) is 6.15. The molecule has 3 N–H and O–H groups in total. The second kappa shape index (κ2) is 4.46. The van der Waals surface area contributed by atoms with Crippen molar-refractivity contribution in [3.63, 3.8) is 0 Å². The Morgan fingerprint density at radius 3 is 2.05 bits per heavy atom. The molecule has 0 saturated carbocycles. The molecule has 0 aromatic heterocycles. The van der Waals surface area contributed by atoms with Gasteiger partial charge in [0.05, 0.1) is 16.1 Å². The van der Waals surface area contributed by atoms with Gasteiger partial charge in [0.1, 0.15) is 5.75 Å². The van der Waals surface area contributed by atoms with E-state index < -0.39 is 28.3 Å². The summed E-state index contributed by atoms with van der Waals surface area (Å²) in [5.41, 5.74) is -0.707. The number of phenolic OH excluding ortho intramolecular Hbond substituents is 1. The molecule has 1 aromatic carbocycles. The molecule has 2 rings (SSSR count). The number of rotatable bonds is 2. The fourth-order valence-corrected chi connectivity index (χ4v) is 2.40. The number of hydrogen-bond acceptors (Lipinski definition) is 5. The lowest BCUT2D eigenvalue weighted by Gasteiger charge is -2.32. The van der Waals surface area contributed by atoms with Crippen LogP contribution in [0.15, 0.2) is 23.1 Å². The number of hydrogen-bond donors (Lipinski definition) is 2. The highest BCUT2D eigenvalue weighted by Crippen LogP contribution is 2.37. The predicted molar refractivity (Wildman–Crippen MR) is 75.2 cm³/mol. The van der Waals surface area contributed by atoms with Gasteiger partial charge in [0.25, 0.3) is 0 Å². The van der Waals surface area contributed by atoms with E-state index in [0.717, 1.165) is 6.07 Å². The first-order valence-corrected chi connectivity index (χ1v) is 7.70. The zero-order chi connectivity index (χ0) is 15.3. The Balaban J connectivity index is 2.37. The van der Waals surface area contributed by atoms with Gasteiger partial charge in [0.2, 0.25) is 10.0 Å². The molecule has 0 aliphatic carbocycles. The SMILES string of the molecule is CC1(C)OB(c2ccc(S(N)(=O)=O)cc2O)OC1(C)C. The van der Waals surface area contributed by atoms with E-state index in [0.29, 0.717) is 5.46 Å². The molecule has 0 bridgehead atoms. The van der Waals surface area contributed by atoms with Gasteiger partial charge in [-0.2, -0.15) is 0 Å². The summed E-state index contributed by atoms with van der Waals surface area (Å²) in [6.45, 7) is 7.57. The van der Waals surface area contributed by atoms with E-state index >= 15 is 0 Å². The molecule has 0 spiro atoms. The molecule has 1 fully saturated rings. The molecular weight excluding hydrogens is 281 g/mol. The van der Waals surface area contributed by atoms with Crippen LogP contribution in [-0.4, -0.2) is 31.8 Å². The highest BCUT2D eigenvalue weighted by molar-refractivity contribution is 7.89. The van der Waals surface area contributed by atoms with Gasteiger partial charge in [0, 0.05) is 5.46 Å². The van der Waals surface area contributed by atoms with Crippen molar-refractivity contribution in [2.75, 3.05) is 0 Å². The van der Waals surface area contributed by atoms with Crippen LogP contribution >= 0.6 is 0 Å². The Bertz CT molecular complexity index is 625. The Morgan fingerprint density at radius 1 is 1.15 bits per heavy atom. The van der Waals surface area contributed by atoms with Crippen LogP contribution < -0.4 is 10.6 Å². The Labute approximate surface area is 119 Å². The molecule has 1 heterocycles. The molecule has 1 aliphatic rings. The van der Waals surface area contributed by atoms with E-state index in [9.17, 15) is 13.5 Å². The third kappa shape index (κ3) is 2.56. The molecule has 0 unspecified atom stereocenters. The van der Waals surface area contributed by atoms with E-state index in [1.165, 1.54) is 12.1 Å². The number of aromatic hydroxyl groups is 1. The number of benzene rings is 1. The van der Waals surface area contributed by atoms with Crippen LogP contribution in [0.5, 0.6) is 5.75 Å². The van der Waals surface area contributed by atoms with Gasteiger partial charge in [0.15, 0.2) is 0 Å². The lowest BCUT2D eigenvalue weighted by molar-refractivity contribution is 0.00578. The van der Waals surface area contributed by atoms with Gasteiger partial charge in [-0.05, 0) is 39.8 Å². The van der Waals surface area contributed by atoms with E-state index in [2.05, 4.69) is 0 Å². The average molecular weight is 299 g/mol.